The van der Waals surface area contributed by atoms with E-state index < -0.39 is 23.4 Å². The van der Waals surface area contributed by atoms with Gasteiger partial charge in [0, 0.05) is 17.5 Å². The maximum absolute atomic E-state index is 13.1. The Hall–Kier alpha value is -4.34. The molecule has 2 aliphatic rings. The highest BCUT2D eigenvalue weighted by atomic mass is 16.5. The molecule has 2 aliphatic heterocycles. The number of urea groups is 1. The van der Waals surface area contributed by atoms with Crippen molar-refractivity contribution in [3.05, 3.63) is 64.9 Å². The van der Waals surface area contributed by atoms with Crippen LogP contribution in [0.4, 0.5) is 4.79 Å². The molecule has 2 aromatic carbocycles. The van der Waals surface area contributed by atoms with Gasteiger partial charge >= 0.3 is 6.03 Å². The molecular weight excluding hydrogens is 428 g/mol. The van der Waals surface area contributed by atoms with Crippen LogP contribution < -0.4 is 21.1 Å². The molecule has 3 heterocycles. The second-order valence-electron chi connectivity index (χ2n) is 8.12. The number of carbonyl (C=O) groups is 4. The third kappa shape index (κ3) is 3.36. The normalized spacial score (nSPS) is 19.5. The number of nitrogens with two attached hydrogens (primary N) is 1. The molecule has 168 valence electrons. The van der Waals surface area contributed by atoms with Crippen molar-refractivity contribution < 1.29 is 28.3 Å². The molecule has 1 saturated heterocycles. The summed E-state index contributed by atoms with van der Waals surface area (Å²) >= 11 is 0. The van der Waals surface area contributed by atoms with Crippen LogP contribution in [0.25, 0.3) is 11.0 Å². The average Bonchev–Trinajstić information content (AvgIpc) is 3.41. The zero-order chi connectivity index (χ0) is 23.3. The quantitative estimate of drug-likeness (QED) is 0.483. The fourth-order valence-electron chi connectivity index (χ4n) is 4.35. The van der Waals surface area contributed by atoms with Crippen molar-refractivity contribution in [2.75, 3.05) is 13.7 Å². The summed E-state index contributed by atoms with van der Waals surface area (Å²) in [4.78, 5) is 51.0. The molecular formula is C23H20N4O6. The lowest BCUT2D eigenvalue weighted by Gasteiger charge is -2.29. The van der Waals surface area contributed by atoms with Gasteiger partial charge in [0.1, 0.15) is 17.1 Å². The van der Waals surface area contributed by atoms with Crippen LogP contribution in [0.1, 0.15) is 27.2 Å². The predicted octanol–water partition coefficient (Wildman–Crippen LogP) is 1.16. The van der Waals surface area contributed by atoms with Gasteiger partial charge in [0.05, 0.1) is 20.1 Å². The largest absolute Gasteiger partial charge is 0.497 e. The number of rotatable bonds is 6. The standard InChI is InChI=1S/C23H20N4O6/c1-32-15-4-3-13-10-27(20(29)16(13)9-15)11-23(21(30)25-22(31)26-23)18-8-14-6-12(7-19(24)28)2-5-17(14)33-18/h2-6,8-9H,7,10-11H2,1H3,(H2,24,28)(H2,25,26,30,31). The van der Waals surface area contributed by atoms with Crippen molar-refractivity contribution in [1.29, 1.82) is 0 Å². The molecule has 5 amide bonds. The Kier molecular flexibility index (Phi) is 4.59. The van der Waals surface area contributed by atoms with Crippen LogP contribution >= 0.6 is 0 Å². The third-order valence-electron chi connectivity index (χ3n) is 5.95. The van der Waals surface area contributed by atoms with Crippen LogP contribution in [0.3, 0.4) is 0 Å². The van der Waals surface area contributed by atoms with E-state index in [2.05, 4.69) is 10.6 Å². The molecule has 0 bridgehead atoms. The highest BCUT2D eigenvalue weighted by Crippen LogP contribution is 2.35. The van der Waals surface area contributed by atoms with Crippen LogP contribution in [0.5, 0.6) is 5.75 Å². The number of ether oxygens (including phenoxy) is 1. The Labute approximate surface area is 187 Å². The number of benzene rings is 2. The van der Waals surface area contributed by atoms with Gasteiger partial charge in [-0.3, -0.25) is 19.7 Å². The number of nitrogens with zero attached hydrogens (tertiary/aromatic N) is 1. The molecule has 1 fully saturated rings. The van der Waals surface area contributed by atoms with Crippen molar-refractivity contribution in [2.24, 2.45) is 5.73 Å². The van der Waals surface area contributed by atoms with Crippen LogP contribution in [0.15, 0.2) is 46.9 Å². The fourth-order valence-corrected chi connectivity index (χ4v) is 4.35. The van der Waals surface area contributed by atoms with Crippen molar-refractivity contribution in [2.45, 2.75) is 18.5 Å². The molecule has 33 heavy (non-hydrogen) atoms. The fraction of sp³-hybridized carbons (Fsp3) is 0.217. The molecule has 0 saturated carbocycles. The zero-order valence-corrected chi connectivity index (χ0v) is 17.6. The van der Waals surface area contributed by atoms with Gasteiger partial charge in [0.2, 0.25) is 5.91 Å². The van der Waals surface area contributed by atoms with Crippen LogP contribution in [-0.2, 0) is 28.1 Å². The number of amides is 5. The second kappa shape index (κ2) is 7.37. The van der Waals surface area contributed by atoms with Crippen molar-refractivity contribution in [3.63, 3.8) is 0 Å². The number of hydrogen-bond acceptors (Lipinski definition) is 6. The Balaban J connectivity index is 1.52. The predicted molar refractivity (Wildman–Crippen MR) is 115 cm³/mol. The molecule has 0 radical (unpaired) electrons. The van der Waals surface area contributed by atoms with Gasteiger partial charge in [-0.15, -0.1) is 0 Å². The number of nitrogens with one attached hydrogen (secondary N) is 2. The van der Waals surface area contributed by atoms with Gasteiger partial charge in [0.15, 0.2) is 5.54 Å². The molecule has 3 aromatic rings. The first kappa shape index (κ1) is 20.6. The highest BCUT2D eigenvalue weighted by Gasteiger charge is 2.53. The van der Waals surface area contributed by atoms with Gasteiger partial charge in [-0.25, -0.2) is 4.79 Å². The minimum atomic E-state index is -1.61. The third-order valence-corrected chi connectivity index (χ3v) is 5.95. The van der Waals surface area contributed by atoms with Gasteiger partial charge in [-0.2, -0.15) is 0 Å². The van der Waals surface area contributed by atoms with E-state index in [0.717, 1.165) is 5.56 Å². The molecule has 5 rings (SSSR count). The van der Waals surface area contributed by atoms with Crippen LogP contribution in [0.2, 0.25) is 0 Å². The first-order valence-corrected chi connectivity index (χ1v) is 10.2. The van der Waals surface area contributed by atoms with E-state index in [9.17, 15) is 19.2 Å². The number of fused-ring (bicyclic) bond motifs is 2. The first-order valence-electron chi connectivity index (χ1n) is 10.2. The smallest absolute Gasteiger partial charge is 0.322 e. The summed E-state index contributed by atoms with van der Waals surface area (Å²) in [6.07, 6.45) is 0.0584. The summed E-state index contributed by atoms with van der Waals surface area (Å²) in [6.45, 7) is 0.139. The lowest BCUT2D eigenvalue weighted by atomic mass is 9.95. The van der Waals surface area contributed by atoms with Crippen molar-refractivity contribution in [3.8, 4) is 5.75 Å². The molecule has 4 N–H and O–H groups in total. The first-order chi connectivity index (χ1) is 15.8. The van der Waals surface area contributed by atoms with Gasteiger partial charge in [-0.1, -0.05) is 12.1 Å². The van der Waals surface area contributed by atoms with E-state index in [1.54, 1.807) is 42.5 Å². The zero-order valence-electron chi connectivity index (χ0n) is 17.6. The van der Waals surface area contributed by atoms with Gasteiger partial charge in [0.25, 0.3) is 11.8 Å². The lowest BCUT2D eigenvalue weighted by molar-refractivity contribution is -0.125. The topological polar surface area (TPSA) is 144 Å². The Morgan fingerprint density at radius 3 is 2.70 bits per heavy atom. The number of hydrogen-bond donors (Lipinski definition) is 3. The Bertz CT molecular complexity index is 1350. The molecule has 0 spiro atoms. The minimum Gasteiger partial charge on any atom is -0.497 e. The number of primary amides is 1. The van der Waals surface area contributed by atoms with E-state index in [4.69, 9.17) is 14.9 Å². The molecule has 0 aliphatic carbocycles. The van der Waals surface area contributed by atoms with E-state index >= 15 is 0 Å². The van der Waals surface area contributed by atoms with Crippen LogP contribution in [0, 0.1) is 0 Å². The average molecular weight is 448 g/mol. The van der Waals surface area contributed by atoms with E-state index in [0.29, 0.717) is 27.8 Å². The SMILES string of the molecule is COc1ccc2c(c1)C(=O)N(CC1(c3cc4cc(CC(N)=O)ccc4o3)NC(=O)NC1=O)C2. The Morgan fingerprint density at radius 2 is 2.00 bits per heavy atom. The monoisotopic (exact) mass is 448 g/mol. The number of furan rings is 1. The van der Waals surface area contributed by atoms with Gasteiger partial charge in [-0.05, 0) is 41.5 Å². The second-order valence-corrected chi connectivity index (χ2v) is 8.12. The summed E-state index contributed by atoms with van der Waals surface area (Å²) in [5.74, 6) is -0.643. The molecule has 1 unspecified atom stereocenters. The Morgan fingerprint density at radius 1 is 1.18 bits per heavy atom. The number of methoxy groups -OCH3 is 1. The molecule has 1 aromatic heterocycles. The summed E-state index contributed by atoms with van der Waals surface area (Å²) in [7, 11) is 1.52. The number of carbonyl (C=O) groups excluding carboxylic acids is 4. The molecule has 10 nitrogen and oxygen atoms in total. The lowest BCUT2D eigenvalue weighted by Crippen LogP contribution is -2.52. The van der Waals surface area contributed by atoms with E-state index in [-0.39, 0.29) is 31.2 Å². The summed E-state index contributed by atoms with van der Waals surface area (Å²) in [5, 5.41) is 5.54. The molecule has 10 heteroatoms. The maximum atomic E-state index is 13.1. The minimum absolute atomic E-state index is 0.0584. The van der Waals surface area contributed by atoms with Crippen LogP contribution in [-0.4, -0.2) is 42.3 Å². The maximum Gasteiger partial charge on any atom is 0.322 e. The summed E-state index contributed by atoms with van der Waals surface area (Å²) in [6, 6.07) is 11.3. The van der Waals surface area contributed by atoms with E-state index in [1.807, 2.05) is 0 Å². The van der Waals surface area contributed by atoms with Crippen molar-refractivity contribution in [1.82, 2.24) is 15.5 Å². The summed E-state index contributed by atoms with van der Waals surface area (Å²) in [5.41, 5.74) is 6.10. The highest BCUT2D eigenvalue weighted by molar-refractivity contribution is 6.08. The van der Waals surface area contributed by atoms with E-state index in [1.165, 1.54) is 12.0 Å². The van der Waals surface area contributed by atoms with Crippen molar-refractivity contribution >= 4 is 34.7 Å². The number of imide groups is 1. The van der Waals surface area contributed by atoms with Gasteiger partial charge < -0.3 is 25.1 Å². The molecule has 1 atom stereocenters. The summed E-state index contributed by atoms with van der Waals surface area (Å²) < 4.78 is 11.2.